The highest BCUT2D eigenvalue weighted by atomic mass is 19.4. The van der Waals surface area contributed by atoms with E-state index in [2.05, 4.69) is 4.84 Å². The first-order valence-corrected chi connectivity index (χ1v) is 4.23. The lowest BCUT2D eigenvalue weighted by Gasteiger charge is -2.08. The Hall–Kier alpha value is -1.70. The number of halogens is 5. The summed E-state index contributed by atoms with van der Waals surface area (Å²) in [4.78, 5) is 14.9. The van der Waals surface area contributed by atoms with Crippen LogP contribution >= 0.6 is 0 Å². The number of rotatable bonds is 3. The van der Waals surface area contributed by atoms with Crippen molar-refractivity contribution in [2.45, 2.75) is 6.18 Å². The lowest BCUT2D eigenvalue weighted by atomic mass is 10.2. The van der Waals surface area contributed by atoms with Crippen LogP contribution in [0.25, 0.3) is 0 Å². The SMILES string of the molecule is O=C(NOCC(F)(F)F)c1cc(F)cc(F)c1. The predicted molar refractivity (Wildman–Crippen MR) is 45.8 cm³/mol. The number of carbonyl (C=O) groups excluding carboxylic acids is 1. The van der Waals surface area contributed by atoms with E-state index in [1.165, 1.54) is 5.48 Å². The maximum Gasteiger partial charge on any atom is 0.414 e. The van der Waals surface area contributed by atoms with Gasteiger partial charge in [-0.1, -0.05) is 0 Å². The quantitative estimate of drug-likeness (QED) is 0.664. The van der Waals surface area contributed by atoms with Crippen LogP contribution in [0.3, 0.4) is 0 Å². The molecule has 1 aromatic rings. The normalized spacial score (nSPS) is 11.4. The summed E-state index contributed by atoms with van der Waals surface area (Å²) in [6.45, 7) is -1.70. The van der Waals surface area contributed by atoms with Gasteiger partial charge in [0.2, 0.25) is 0 Å². The Bertz CT molecular complexity index is 398. The van der Waals surface area contributed by atoms with Crippen molar-refractivity contribution in [3.8, 4) is 0 Å². The van der Waals surface area contributed by atoms with Crippen LogP contribution in [0.5, 0.6) is 0 Å². The fraction of sp³-hybridized carbons (Fsp3) is 0.222. The monoisotopic (exact) mass is 255 g/mol. The summed E-state index contributed by atoms with van der Waals surface area (Å²) in [5.41, 5.74) is 0.936. The summed E-state index contributed by atoms with van der Waals surface area (Å²) < 4.78 is 60.2. The lowest BCUT2D eigenvalue weighted by molar-refractivity contribution is -0.184. The van der Waals surface area contributed by atoms with Gasteiger partial charge in [-0.05, 0) is 12.1 Å². The molecule has 1 rings (SSSR count). The highest BCUT2D eigenvalue weighted by Gasteiger charge is 2.28. The molecule has 0 atom stereocenters. The molecule has 0 saturated carbocycles. The zero-order valence-corrected chi connectivity index (χ0v) is 8.15. The van der Waals surface area contributed by atoms with Gasteiger partial charge in [0, 0.05) is 11.6 Å². The molecule has 0 aliphatic rings. The average molecular weight is 255 g/mol. The number of nitrogens with one attached hydrogen (secondary N) is 1. The van der Waals surface area contributed by atoms with Crippen molar-refractivity contribution in [1.82, 2.24) is 5.48 Å². The summed E-state index contributed by atoms with van der Waals surface area (Å²) in [7, 11) is 0. The lowest BCUT2D eigenvalue weighted by Crippen LogP contribution is -2.29. The Balaban J connectivity index is 2.58. The number of carbonyl (C=O) groups is 1. The van der Waals surface area contributed by atoms with E-state index >= 15 is 0 Å². The molecule has 0 heterocycles. The third-order valence-electron chi connectivity index (χ3n) is 1.53. The highest BCUT2D eigenvalue weighted by Crippen LogP contribution is 2.14. The predicted octanol–water partition coefficient (Wildman–Crippen LogP) is 2.19. The molecule has 94 valence electrons. The van der Waals surface area contributed by atoms with Gasteiger partial charge in [-0.2, -0.15) is 13.2 Å². The summed E-state index contributed by atoms with van der Waals surface area (Å²) in [6, 6.07) is 1.85. The van der Waals surface area contributed by atoms with E-state index < -0.39 is 35.9 Å². The fourth-order valence-corrected chi connectivity index (χ4v) is 0.927. The zero-order valence-electron chi connectivity index (χ0n) is 8.15. The summed E-state index contributed by atoms with van der Waals surface area (Å²) >= 11 is 0. The van der Waals surface area contributed by atoms with Gasteiger partial charge in [0.15, 0.2) is 6.61 Å². The first-order chi connectivity index (χ1) is 7.78. The van der Waals surface area contributed by atoms with Crippen molar-refractivity contribution in [2.24, 2.45) is 0 Å². The van der Waals surface area contributed by atoms with Gasteiger partial charge in [0.25, 0.3) is 5.91 Å². The number of benzene rings is 1. The molecule has 0 unspecified atom stereocenters. The first kappa shape index (κ1) is 13.4. The van der Waals surface area contributed by atoms with Crippen LogP contribution in [0.4, 0.5) is 22.0 Å². The fourth-order valence-electron chi connectivity index (χ4n) is 0.927. The Labute approximate surface area is 92.1 Å². The summed E-state index contributed by atoms with van der Waals surface area (Å²) in [5, 5.41) is 0. The van der Waals surface area contributed by atoms with Crippen LogP contribution < -0.4 is 5.48 Å². The molecular weight excluding hydrogens is 249 g/mol. The van der Waals surface area contributed by atoms with Crippen LogP contribution in [0.15, 0.2) is 18.2 Å². The van der Waals surface area contributed by atoms with Gasteiger partial charge < -0.3 is 0 Å². The van der Waals surface area contributed by atoms with Gasteiger partial charge in [-0.15, -0.1) is 0 Å². The Kier molecular flexibility index (Phi) is 4.00. The van der Waals surface area contributed by atoms with Gasteiger partial charge in [0.1, 0.15) is 11.6 Å². The molecule has 0 saturated heterocycles. The number of hydrogen-bond donors (Lipinski definition) is 1. The van der Waals surface area contributed by atoms with E-state index in [-0.39, 0.29) is 0 Å². The largest absolute Gasteiger partial charge is 0.414 e. The van der Waals surface area contributed by atoms with Crippen molar-refractivity contribution < 1.29 is 31.6 Å². The number of hydroxylamine groups is 1. The molecule has 0 bridgehead atoms. The Morgan fingerprint density at radius 2 is 1.71 bits per heavy atom. The topological polar surface area (TPSA) is 38.3 Å². The van der Waals surface area contributed by atoms with Crippen LogP contribution in [-0.4, -0.2) is 18.7 Å². The molecule has 0 radical (unpaired) electrons. The minimum absolute atomic E-state index is 0.482. The molecule has 0 spiro atoms. The molecule has 0 aromatic heterocycles. The highest BCUT2D eigenvalue weighted by molar-refractivity contribution is 5.93. The maximum atomic E-state index is 12.7. The van der Waals surface area contributed by atoms with Gasteiger partial charge in [-0.25, -0.2) is 14.3 Å². The second-order valence-corrected chi connectivity index (χ2v) is 2.99. The number of hydrogen-bond acceptors (Lipinski definition) is 2. The van der Waals surface area contributed by atoms with Crippen molar-refractivity contribution >= 4 is 5.91 Å². The van der Waals surface area contributed by atoms with Crippen molar-refractivity contribution in [3.05, 3.63) is 35.4 Å². The molecule has 1 N–H and O–H groups in total. The Morgan fingerprint density at radius 1 is 1.18 bits per heavy atom. The standard InChI is InChI=1S/C9H6F5NO2/c10-6-1-5(2-7(11)3-6)8(16)15-17-4-9(12,13)14/h1-3H,4H2,(H,15,16). The van der Waals surface area contributed by atoms with E-state index in [4.69, 9.17) is 0 Å². The van der Waals surface area contributed by atoms with E-state index in [1.54, 1.807) is 0 Å². The zero-order chi connectivity index (χ0) is 13.1. The van der Waals surface area contributed by atoms with Crippen LogP contribution in [0.2, 0.25) is 0 Å². The number of amides is 1. The van der Waals surface area contributed by atoms with E-state index in [0.29, 0.717) is 18.2 Å². The van der Waals surface area contributed by atoms with Crippen molar-refractivity contribution in [2.75, 3.05) is 6.61 Å². The minimum Gasteiger partial charge on any atom is -0.267 e. The Morgan fingerprint density at radius 3 is 2.18 bits per heavy atom. The summed E-state index contributed by atoms with van der Waals surface area (Å²) in [5.74, 6) is -3.22. The minimum atomic E-state index is -4.61. The molecular formula is C9H6F5NO2. The van der Waals surface area contributed by atoms with Gasteiger partial charge in [0.05, 0.1) is 0 Å². The third kappa shape index (κ3) is 4.77. The van der Waals surface area contributed by atoms with Crippen LogP contribution in [0, 0.1) is 11.6 Å². The average Bonchev–Trinajstić information content (AvgIpc) is 2.13. The smallest absolute Gasteiger partial charge is 0.267 e. The maximum absolute atomic E-state index is 12.7. The number of alkyl halides is 3. The molecule has 1 aromatic carbocycles. The van der Waals surface area contributed by atoms with Gasteiger partial charge >= 0.3 is 6.18 Å². The van der Waals surface area contributed by atoms with Crippen molar-refractivity contribution in [3.63, 3.8) is 0 Å². The van der Waals surface area contributed by atoms with E-state index in [9.17, 15) is 26.7 Å². The molecule has 1 amide bonds. The molecule has 0 aliphatic heterocycles. The second-order valence-electron chi connectivity index (χ2n) is 2.99. The first-order valence-electron chi connectivity index (χ1n) is 4.23. The molecule has 17 heavy (non-hydrogen) atoms. The van der Waals surface area contributed by atoms with E-state index in [0.717, 1.165) is 0 Å². The van der Waals surface area contributed by atoms with Gasteiger partial charge in [-0.3, -0.25) is 9.63 Å². The second kappa shape index (κ2) is 5.09. The van der Waals surface area contributed by atoms with Crippen molar-refractivity contribution in [1.29, 1.82) is 0 Å². The molecule has 0 aliphatic carbocycles. The summed E-state index contributed by atoms with van der Waals surface area (Å²) in [6.07, 6.45) is -4.61. The van der Waals surface area contributed by atoms with E-state index in [1.807, 2.05) is 0 Å². The van der Waals surface area contributed by atoms with Crippen LogP contribution in [-0.2, 0) is 4.84 Å². The third-order valence-corrected chi connectivity index (χ3v) is 1.53. The molecule has 0 fully saturated rings. The molecule has 3 nitrogen and oxygen atoms in total. The molecule has 8 heteroatoms. The van der Waals surface area contributed by atoms with Crippen LogP contribution in [0.1, 0.15) is 10.4 Å².